The van der Waals surface area contributed by atoms with Gasteiger partial charge in [-0.05, 0) is 6.92 Å². The molecule has 0 amide bonds. The van der Waals surface area contributed by atoms with E-state index in [-0.39, 0.29) is 23.3 Å². The summed E-state index contributed by atoms with van der Waals surface area (Å²) >= 11 is 0. The van der Waals surface area contributed by atoms with E-state index in [2.05, 4.69) is 4.98 Å². The van der Waals surface area contributed by atoms with Crippen LogP contribution in [0.15, 0.2) is 17.6 Å². The summed E-state index contributed by atoms with van der Waals surface area (Å²) in [5.74, 6) is -0.0411. The fourth-order valence-electron chi connectivity index (χ4n) is 1.35. The minimum absolute atomic E-state index is 0.00194. The molecule has 0 fully saturated rings. The van der Waals surface area contributed by atoms with Crippen LogP contribution in [0.25, 0.3) is 0 Å². The van der Waals surface area contributed by atoms with Crippen LogP contribution in [-0.2, 0) is 17.1 Å². The standard InChI is InChI=1S/C9H17N5O2S/c1-7(4-8(10)11)14(3)17(15,16)9-5-13(2)6-12-9/h5-7H,4H2,1-3H3,(H3,10,11). The van der Waals surface area contributed by atoms with Crippen LogP contribution in [0, 0.1) is 5.41 Å². The highest BCUT2D eigenvalue weighted by Crippen LogP contribution is 2.15. The van der Waals surface area contributed by atoms with Crippen LogP contribution in [0.5, 0.6) is 0 Å². The third kappa shape index (κ3) is 3.04. The molecule has 1 atom stereocenters. The van der Waals surface area contributed by atoms with Gasteiger partial charge < -0.3 is 10.3 Å². The predicted molar refractivity (Wildman–Crippen MR) is 64.1 cm³/mol. The highest BCUT2D eigenvalue weighted by atomic mass is 32.2. The van der Waals surface area contributed by atoms with E-state index in [0.29, 0.717) is 0 Å². The van der Waals surface area contributed by atoms with Crippen LogP contribution in [0.1, 0.15) is 13.3 Å². The highest BCUT2D eigenvalue weighted by Gasteiger charge is 2.27. The number of imidazole rings is 1. The molecule has 96 valence electrons. The highest BCUT2D eigenvalue weighted by molar-refractivity contribution is 7.89. The molecule has 8 heteroatoms. The molecule has 0 spiro atoms. The van der Waals surface area contributed by atoms with Crippen molar-refractivity contribution in [2.45, 2.75) is 24.4 Å². The fraction of sp³-hybridized carbons (Fsp3) is 0.556. The summed E-state index contributed by atoms with van der Waals surface area (Å²) in [6.45, 7) is 1.70. The number of hydrogen-bond donors (Lipinski definition) is 2. The number of nitrogens with zero attached hydrogens (tertiary/aromatic N) is 3. The molecule has 0 aliphatic heterocycles. The van der Waals surface area contributed by atoms with Gasteiger partial charge in [-0.2, -0.15) is 4.31 Å². The first-order valence-corrected chi connectivity index (χ1v) is 6.48. The number of aryl methyl sites for hydroxylation is 1. The van der Waals surface area contributed by atoms with Crippen LogP contribution in [0.3, 0.4) is 0 Å². The fourth-order valence-corrected chi connectivity index (χ4v) is 2.68. The number of rotatable bonds is 5. The van der Waals surface area contributed by atoms with Crippen LogP contribution in [0.2, 0.25) is 0 Å². The van der Waals surface area contributed by atoms with Crippen molar-refractivity contribution in [3.05, 3.63) is 12.5 Å². The largest absolute Gasteiger partial charge is 0.388 e. The van der Waals surface area contributed by atoms with Crippen LogP contribution in [0.4, 0.5) is 0 Å². The molecule has 1 unspecified atom stereocenters. The van der Waals surface area contributed by atoms with Gasteiger partial charge in [0.05, 0.1) is 12.2 Å². The van der Waals surface area contributed by atoms with Gasteiger partial charge in [0.25, 0.3) is 10.0 Å². The van der Waals surface area contributed by atoms with Gasteiger partial charge in [-0.3, -0.25) is 5.41 Å². The molecular weight excluding hydrogens is 242 g/mol. The Morgan fingerprint density at radius 3 is 2.71 bits per heavy atom. The van der Waals surface area contributed by atoms with Crippen molar-refractivity contribution < 1.29 is 8.42 Å². The van der Waals surface area contributed by atoms with Gasteiger partial charge in [-0.15, -0.1) is 0 Å². The smallest absolute Gasteiger partial charge is 0.262 e. The average molecular weight is 259 g/mol. The van der Waals surface area contributed by atoms with Crippen molar-refractivity contribution in [1.29, 1.82) is 5.41 Å². The van der Waals surface area contributed by atoms with Gasteiger partial charge >= 0.3 is 0 Å². The molecule has 0 saturated carbocycles. The summed E-state index contributed by atoms with van der Waals surface area (Å²) in [7, 11) is -0.458. The molecule has 1 heterocycles. The van der Waals surface area contributed by atoms with Gasteiger partial charge in [0.15, 0.2) is 5.03 Å². The van der Waals surface area contributed by atoms with Crippen molar-refractivity contribution in [2.24, 2.45) is 12.8 Å². The van der Waals surface area contributed by atoms with Crippen molar-refractivity contribution >= 4 is 15.9 Å². The maximum atomic E-state index is 12.1. The summed E-state index contributed by atoms with van der Waals surface area (Å²) < 4.78 is 27.0. The van der Waals surface area contributed by atoms with E-state index < -0.39 is 10.0 Å². The molecule has 0 radical (unpaired) electrons. The Hall–Kier alpha value is -1.41. The van der Waals surface area contributed by atoms with Gasteiger partial charge in [-0.25, -0.2) is 13.4 Å². The molecule has 0 aliphatic carbocycles. The zero-order valence-electron chi connectivity index (χ0n) is 10.1. The van der Waals surface area contributed by atoms with Gasteiger partial charge in [0.1, 0.15) is 0 Å². The third-order valence-electron chi connectivity index (χ3n) is 2.46. The van der Waals surface area contributed by atoms with E-state index >= 15 is 0 Å². The second-order valence-corrected chi connectivity index (χ2v) is 5.92. The average Bonchev–Trinajstić information content (AvgIpc) is 2.63. The number of nitrogens with one attached hydrogen (secondary N) is 1. The maximum Gasteiger partial charge on any atom is 0.262 e. The lowest BCUT2D eigenvalue weighted by molar-refractivity contribution is 0.394. The first-order chi connectivity index (χ1) is 7.75. The van der Waals surface area contributed by atoms with Crippen molar-refractivity contribution in [3.63, 3.8) is 0 Å². The van der Waals surface area contributed by atoms with Crippen molar-refractivity contribution in [2.75, 3.05) is 7.05 Å². The zero-order valence-corrected chi connectivity index (χ0v) is 10.9. The van der Waals surface area contributed by atoms with E-state index in [9.17, 15) is 8.42 Å². The molecular formula is C9H17N5O2S. The summed E-state index contributed by atoms with van der Waals surface area (Å²) in [5.41, 5.74) is 5.26. The molecule has 0 bridgehead atoms. The summed E-state index contributed by atoms with van der Waals surface area (Å²) in [5, 5.41) is 7.17. The molecule has 17 heavy (non-hydrogen) atoms. The molecule has 0 aromatic carbocycles. The zero-order chi connectivity index (χ0) is 13.2. The summed E-state index contributed by atoms with van der Waals surface area (Å²) in [6.07, 6.45) is 3.06. The first kappa shape index (κ1) is 13.7. The normalized spacial score (nSPS) is 13.9. The van der Waals surface area contributed by atoms with E-state index in [1.807, 2.05) is 0 Å². The number of aromatic nitrogens is 2. The summed E-state index contributed by atoms with van der Waals surface area (Å²) in [4.78, 5) is 3.82. The monoisotopic (exact) mass is 259 g/mol. The quantitative estimate of drug-likeness (QED) is 0.562. The van der Waals surface area contributed by atoms with Gasteiger partial charge in [0.2, 0.25) is 0 Å². The lowest BCUT2D eigenvalue weighted by Crippen LogP contribution is -2.37. The Kier molecular flexibility index (Phi) is 3.89. The van der Waals surface area contributed by atoms with Gasteiger partial charge in [0, 0.05) is 32.8 Å². The lowest BCUT2D eigenvalue weighted by Gasteiger charge is -2.22. The van der Waals surface area contributed by atoms with E-state index in [1.165, 1.54) is 23.9 Å². The minimum Gasteiger partial charge on any atom is -0.388 e. The molecule has 7 nitrogen and oxygen atoms in total. The SMILES string of the molecule is CC(CC(=N)N)N(C)S(=O)(=O)c1cn(C)cn1. The van der Waals surface area contributed by atoms with Crippen LogP contribution >= 0.6 is 0 Å². The molecule has 1 rings (SSSR count). The second kappa shape index (κ2) is 4.84. The van der Waals surface area contributed by atoms with E-state index in [4.69, 9.17) is 11.1 Å². The van der Waals surface area contributed by atoms with E-state index in [1.54, 1.807) is 18.5 Å². The Morgan fingerprint density at radius 1 is 1.71 bits per heavy atom. The van der Waals surface area contributed by atoms with Crippen molar-refractivity contribution in [1.82, 2.24) is 13.9 Å². The number of amidine groups is 1. The molecule has 1 aromatic heterocycles. The van der Waals surface area contributed by atoms with Gasteiger partial charge in [-0.1, -0.05) is 0 Å². The number of sulfonamides is 1. The molecule has 0 saturated heterocycles. The van der Waals surface area contributed by atoms with Crippen molar-refractivity contribution in [3.8, 4) is 0 Å². The lowest BCUT2D eigenvalue weighted by atomic mass is 10.2. The Labute approximate surface area is 101 Å². The minimum atomic E-state index is -3.61. The Morgan fingerprint density at radius 2 is 2.29 bits per heavy atom. The van der Waals surface area contributed by atoms with Crippen LogP contribution in [-0.4, -0.2) is 41.2 Å². The number of hydrogen-bond acceptors (Lipinski definition) is 4. The predicted octanol–water partition coefficient (Wildman–Crippen LogP) is -0.245. The Bertz CT molecular complexity index is 507. The maximum absolute atomic E-state index is 12.1. The second-order valence-electron chi connectivity index (χ2n) is 3.98. The molecule has 1 aromatic rings. The molecule has 3 N–H and O–H groups in total. The Balaban J connectivity index is 2.94. The number of nitrogens with two attached hydrogens (primary N) is 1. The molecule has 0 aliphatic rings. The van der Waals surface area contributed by atoms with E-state index in [0.717, 1.165) is 0 Å². The third-order valence-corrected chi connectivity index (χ3v) is 4.32. The topological polar surface area (TPSA) is 105 Å². The summed E-state index contributed by atoms with van der Waals surface area (Å²) in [6, 6.07) is -0.375. The first-order valence-electron chi connectivity index (χ1n) is 5.04. The van der Waals surface area contributed by atoms with Crippen LogP contribution < -0.4 is 5.73 Å².